The molecule has 4 aromatic rings. The molecule has 0 amide bonds. The molecule has 0 unspecified atom stereocenters. The van der Waals surface area contributed by atoms with Crippen molar-refractivity contribution in [3.8, 4) is 23.1 Å². The van der Waals surface area contributed by atoms with Gasteiger partial charge in [-0.05, 0) is 42.0 Å². The first kappa shape index (κ1) is 27.8. The summed E-state index contributed by atoms with van der Waals surface area (Å²) < 4.78 is 22.9. The standard InChI is InChI=1S/C26H28N8O6/c1-14(35)40-19-12-17(7-8-18(19)24(27)28)30-22(15-10-16(13-37-2)23(39-4)20(11-15)38-3)25-31-26(36)34(33-25)21-6-5-9-29-32-21/h5-12,22,30H,13H2,1-4H3,(H3,27,28)(H,31,33,36)/t22-/m0/s1. The van der Waals surface area contributed by atoms with Crippen molar-refractivity contribution in [1.82, 2.24) is 25.0 Å². The van der Waals surface area contributed by atoms with Crippen LogP contribution >= 0.6 is 0 Å². The highest BCUT2D eigenvalue weighted by atomic mass is 16.5. The van der Waals surface area contributed by atoms with E-state index in [2.05, 4.69) is 25.6 Å². The first-order valence-electron chi connectivity index (χ1n) is 11.9. The second-order valence-electron chi connectivity index (χ2n) is 8.45. The van der Waals surface area contributed by atoms with Crippen LogP contribution in [0.3, 0.4) is 0 Å². The summed E-state index contributed by atoms with van der Waals surface area (Å²) in [7, 11) is 4.60. The first-order chi connectivity index (χ1) is 19.2. The zero-order chi connectivity index (χ0) is 28.8. The summed E-state index contributed by atoms with van der Waals surface area (Å²) in [5.41, 5.74) is 7.18. The third-order valence-corrected chi connectivity index (χ3v) is 5.73. The number of carbonyl (C=O) groups is 1. The molecule has 40 heavy (non-hydrogen) atoms. The Labute approximate surface area is 228 Å². The van der Waals surface area contributed by atoms with Gasteiger partial charge >= 0.3 is 11.7 Å². The molecule has 0 bridgehead atoms. The molecule has 2 heterocycles. The summed E-state index contributed by atoms with van der Waals surface area (Å²) in [6.45, 7) is 1.46. The Morgan fingerprint density at radius 3 is 2.58 bits per heavy atom. The van der Waals surface area contributed by atoms with Crippen molar-refractivity contribution < 1.29 is 23.7 Å². The number of aromatic amines is 1. The van der Waals surface area contributed by atoms with Crippen molar-refractivity contribution in [3.05, 3.63) is 81.7 Å². The number of hydrogen-bond acceptors (Lipinski definition) is 11. The number of carbonyl (C=O) groups excluding carboxylic acids is 1. The van der Waals surface area contributed by atoms with E-state index in [-0.39, 0.29) is 35.4 Å². The van der Waals surface area contributed by atoms with Gasteiger partial charge in [0.1, 0.15) is 17.6 Å². The van der Waals surface area contributed by atoms with Crippen LogP contribution in [0.1, 0.15) is 35.5 Å². The van der Waals surface area contributed by atoms with E-state index in [1.807, 2.05) is 6.07 Å². The summed E-state index contributed by atoms with van der Waals surface area (Å²) in [5, 5.41) is 23.4. The Balaban J connectivity index is 1.88. The van der Waals surface area contributed by atoms with Crippen LogP contribution in [-0.4, -0.2) is 58.1 Å². The van der Waals surface area contributed by atoms with E-state index in [0.717, 1.165) is 4.68 Å². The Morgan fingerprint density at radius 2 is 1.95 bits per heavy atom. The molecule has 5 N–H and O–H groups in total. The van der Waals surface area contributed by atoms with Gasteiger partial charge in [-0.2, -0.15) is 9.78 Å². The fourth-order valence-corrected chi connectivity index (χ4v) is 4.08. The van der Waals surface area contributed by atoms with Crippen LogP contribution in [0.25, 0.3) is 5.82 Å². The van der Waals surface area contributed by atoms with Gasteiger partial charge in [-0.15, -0.1) is 10.2 Å². The molecule has 0 radical (unpaired) electrons. The third kappa shape index (κ3) is 5.91. The number of benzene rings is 2. The number of amidine groups is 1. The van der Waals surface area contributed by atoms with E-state index in [1.165, 1.54) is 33.4 Å². The molecule has 0 aliphatic heterocycles. The molecule has 0 saturated heterocycles. The Kier molecular flexibility index (Phi) is 8.39. The fraction of sp³-hybridized carbons (Fsp3) is 0.231. The normalized spacial score (nSPS) is 11.5. The Hall–Kier alpha value is -5.24. The van der Waals surface area contributed by atoms with Gasteiger partial charge in [-0.25, -0.2) is 4.79 Å². The molecular formula is C26H28N8O6. The molecule has 14 heteroatoms. The van der Waals surface area contributed by atoms with Crippen LogP contribution in [-0.2, 0) is 16.1 Å². The van der Waals surface area contributed by atoms with Gasteiger partial charge in [-0.1, -0.05) is 0 Å². The van der Waals surface area contributed by atoms with Crippen LogP contribution in [0.2, 0.25) is 0 Å². The number of esters is 1. The number of rotatable bonds is 11. The zero-order valence-corrected chi connectivity index (χ0v) is 22.2. The number of aromatic nitrogens is 5. The van der Waals surface area contributed by atoms with E-state index in [4.69, 9.17) is 30.1 Å². The van der Waals surface area contributed by atoms with E-state index < -0.39 is 17.7 Å². The van der Waals surface area contributed by atoms with Gasteiger partial charge in [0.05, 0.1) is 26.4 Å². The number of H-pyrrole nitrogens is 1. The molecule has 2 aromatic heterocycles. The highest BCUT2D eigenvalue weighted by Crippen LogP contribution is 2.37. The van der Waals surface area contributed by atoms with E-state index in [1.54, 1.807) is 37.4 Å². The molecule has 0 aliphatic carbocycles. The highest BCUT2D eigenvalue weighted by Gasteiger charge is 2.25. The molecule has 0 saturated carbocycles. The molecule has 0 fully saturated rings. The lowest BCUT2D eigenvalue weighted by Gasteiger charge is -2.22. The third-order valence-electron chi connectivity index (χ3n) is 5.73. The van der Waals surface area contributed by atoms with Crippen molar-refractivity contribution in [2.45, 2.75) is 19.6 Å². The summed E-state index contributed by atoms with van der Waals surface area (Å²) in [4.78, 5) is 27.4. The number of ether oxygens (including phenoxy) is 4. The van der Waals surface area contributed by atoms with E-state index in [9.17, 15) is 9.59 Å². The summed E-state index contributed by atoms with van der Waals surface area (Å²) in [6.07, 6.45) is 1.48. The summed E-state index contributed by atoms with van der Waals surface area (Å²) in [6, 6.07) is 10.8. The largest absolute Gasteiger partial charge is 0.493 e. The van der Waals surface area contributed by atoms with Crippen LogP contribution in [0, 0.1) is 5.41 Å². The molecule has 14 nitrogen and oxygen atoms in total. The maximum Gasteiger partial charge on any atom is 0.349 e. The Morgan fingerprint density at radius 1 is 1.15 bits per heavy atom. The van der Waals surface area contributed by atoms with Crippen LogP contribution < -0.4 is 31.0 Å². The molecular weight excluding hydrogens is 520 g/mol. The van der Waals surface area contributed by atoms with Gasteiger partial charge in [-0.3, -0.25) is 15.2 Å². The van der Waals surface area contributed by atoms with Gasteiger partial charge in [0.25, 0.3) is 0 Å². The summed E-state index contributed by atoms with van der Waals surface area (Å²) in [5.74, 6) is 0.632. The maximum absolute atomic E-state index is 12.9. The second-order valence-corrected chi connectivity index (χ2v) is 8.45. The molecule has 4 rings (SSSR count). The van der Waals surface area contributed by atoms with Crippen molar-refractivity contribution in [2.75, 3.05) is 26.6 Å². The number of nitrogens with two attached hydrogens (primary N) is 1. The van der Waals surface area contributed by atoms with Crippen molar-refractivity contribution in [3.63, 3.8) is 0 Å². The number of nitrogens with one attached hydrogen (secondary N) is 3. The quantitative estimate of drug-likeness (QED) is 0.0926. The number of methoxy groups -OCH3 is 3. The lowest BCUT2D eigenvalue weighted by molar-refractivity contribution is -0.131. The topological polar surface area (TPSA) is 192 Å². The smallest absolute Gasteiger partial charge is 0.349 e. The van der Waals surface area contributed by atoms with Crippen molar-refractivity contribution in [2.24, 2.45) is 5.73 Å². The first-order valence-corrected chi connectivity index (χ1v) is 11.9. The van der Waals surface area contributed by atoms with E-state index in [0.29, 0.717) is 28.3 Å². The molecule has 1 atom stereocenters. The van der Waals surface area contributed by atoms with Gasteiger partial charge < -0.3 is 30.0 Å². The minimum Gasteiger partial charge on any atom is -0.493 e. The number of anilines is 1. The lowest BCUT2D eigenvalue weighted by Crippen LogP contribution is -2.18. The van der Waals surface area contributed by atoms with Crippen LogP contribution in [0.5, 0.6) is 17.2 Å². The summed E-state index contributed by atoms with van der Waals surface area (Å²) >= 11 is 0. The number of nitrogen functional groups attached to an aromatic ring is 1. The van der Waals surface area contributed by atoms with Gasteiger partial charge in [0.2, 0.25) is 0 Å². The van der Waals surface area contributed by atoms with Gasteiger partial charge in [0, 0.05) is 37.5 Å². The molecule has 2 aromatic carbocycles. The molecule has 208 valence electrons. The van der Waals surface area contributed by atoms with Gasteiger partial charge in [0.15, 0.2) is 23.1 Å². The predicted octanol–water partition coefficient (Wildman–Crippen LogP) is 1.93. The number of nitrogens with zero attached hydrogens (tertiary/aromatic N) is 4. The minimum absolute atomic E-state index is 0.0923. The lowest BCUT2D eigenvalue weighted by atomic mass is 10.0. The zero-order valence-electron chi connectivity index (χ0n) is 22.2. The fourth-order valence-electron chi connectivity index (χ4n) is 4.08. The van der Waals surface area contributed by atoms with Crippen molar-refractivity contribution in [1.29, 1.82) is 5.41 Å². The second kappa shape index (κ2) is 12.1. The maximum atomic E-state index is 12.9. The molecule has 0 aliphatic rings. The van der Waals surface area contributed by atoms with E-state index >= 15 is 0 Å². The minimum atomic E-state index is -0.769. The molecule has 0 spiro atoms. The average molecular weight is 549 g/mol. The van der Waals surface area contributed by atoms with Crippen LogP contribution in [0.15, 0.2) is 53.5 Å². The monoisotopic (exact) mass is 548 g/mol. The van der Waals surface area contributed by atoms with Crippen LogP contribution in [0.4, 0.5) is 5.69 Å². The number of hydrogen-bond donors (Lipinski definition) is 4. The highest BCUT2D eigenvalue weighted by molar-refractivity contribution is 5.98. The average Bonchev–Trinajstić information content (AvgIpc) is 3.32. The predicted molar refractivity (Wildman–Crippen MR) is 144 cm³/mol. The SMILES string of the molecule is COCc1cc([C@H](Nc2ccc(C(=N)N)c(OC(C)=O)c2)c2nn(-c3cccnn3)c(=O)[nH]2)cc(OC)c1OC. The Bertz CT molecular complexity index is 1580. The van der Waals surface area contributed by atoms with Crippen molar-refractivity contribution >= 4 is 17.5 Å².